The summed E-state index contributed by atoms with van der Waals surface area (Å²) < 4.78 is 28.7. The first-order valence-corrected chi connectivity index (χ1v) is 11.3. The molecule has 0 unspecified atom stereocenters. The minimum absolute atomic E-state index is 0.105. The minimum atomic E-state index is -2.99. The van der Waals surface area contributed by atoms with Crippen molar-refractivity contribution in [2.24, 2.45) is 0 Å². The van der Waals surface area contributed by atoms with Gasteiger partial charge >= 0.3 is 5.63 Å². The Morgan fingerprint density at radius 2 is 1.76 bits per heavy atom. The third-order valence-electron chi connectivity index (χ3n) is 5.45. The maximum absolute atomic E-state index is 13.0. The Morgan fingerprint density at radius 1 is 1.03 bits per heavy atom. The Labute approximate surface area is 168 Å². The predicted octanol–water partition coefficient (Wildman–Crippen LogP) is 3.11. The van der Waals surface area contributed by atoms with Gasteiger partial charge in [0.25, 0.3) is 5.91 Å². The second-order valence-corrected chi connectivity index (χ2v) is 9.67. The number of para-hydroxylation sites is 1. The van der Waals surface area contributed by atoms with Crippen molar-refractivity contribution in [1.82, 2.24) is 4.90 Å². The Morgan fingerprint density at radius 3 is 2.52 bits per heavy atom. The molecule has 0 radical (unpaired) electrons. The summed E-state index contributed by atoms with van der Waals surface area (Å²) in [4.78, 5) is 27.0. The lowest BCUT2D eigenvalue weighted by Gasteiger charge is -2.31. The number of sulfone groups is 1. The van der Waals surface area contributed by atoms with E-state index in [-0.39, 0.29) is 23.5 Å². The van der Waals surface area contributed by atoms with Crippen molar-refractivity contribution in [3.05, 3.63) is 70.6 Å². The van der Waals surface area contributed by atoms with Crippen molar-refractivity contribution < 1.29 is 17.6 Å². The van der Waals surface area contributed by atoms with Crippen molar-refractivity contribution in [3.63, 3.8) is 0 Å². The molecule has 2 heterocycles. The fraction of sp³-hybridized carbons (Fsp3) is 0.273. The van der Waals surface area contributed by atoms with Gasteiger partial charge in [0.15, 0.2) is 0 Å². The van der Waals surface area contributed by atoms with Crippen LogP contribution in [0.15, 0.2) is 63.8 Å². The van der Waals surface area contributed by atoms with E-state index in [0.717, 1.165) is 5.39 Å². The van der Waals surface area contributed by atoms with Gasteiger partial charge in [0, 0.05) is 24.0 Å². The van der Waals surface area contributed by atoms with Gasteiger partial charge in [0.2, 0.25) is 0 Å². The molecule has 1 aliphatic rings. The highest BCUT2D eigenvalue weighted by molar-refractivity contribution is 7.91. The van der Waals surface area contributed by atoms with Crippen molar-refractivity contribution in [2.45, 2.75) is 18.9 Å². The highest BCUT2D eigenvalue weighted by Crippen LogP contribution is 2.24. The van der Waals surface area contributed by atoms with Gasteiger partial charge < -0.3 is 9.32 Å². The number of amides is 1. The normalized spacial score (nSPS) is 16.6. The van der Waals surface area contributed by atoms with Crippen molar-refractivity contribution in [2.75, 3.05) is 18.6 Å². The van der Waals surface area contributed by atoms with Crippen LogP contribution in [0.4, 0.5) is 0 Å². The summed E-state index contributed by atoms with van der Waals surface area (Å²) >= 11 is 0. The van der Waals surface area contributed by atoms with E-state index in [2.05, 4.69) is 0 Å². The maximum Gasteiger partial charge on any atom is 0.344 e. The highest BCUT2D eigenvalue weighted by atomic mass is 32.2. The average molecular weight is 411 g/mol. The second kappa shape index (κ2) is 7.48. The predicted molar refractivity (Wildman–Crippen MR) is 112 cm³/mol. The number of hydrogen-bond acceptors (Lipinski definition) is 5. The Hall–Kier alpha value is -2.93. The lowest BCUT2D eigenvalue weighted by molar-refractivity contribution is 0.0722. The lowest BCUT2D eigenvalue weighted by Crippen LogP contribution is -2.42. The van der Waals surface area contributed by atoms with E-state index in [1.165, 1.54) is 0 Å². The molecule has 1 saturated heterocycles. The van der Waals surface area contributed by atoms with E-state index in [9.17, 15) is 18.0 Å². The Bertz CT molecular complexity index is 1230. The van der Waals surface area contributed by atoms with E-state index in [1.54, 1.807) is 54.4 Å². The molecule has 0 N–H and O–H groups in total. The van der Waals surface area contributed by atoms with Crippen LogP contribution in [-0.4, -0.2) is 43.8 Å². The van der Waals surface area contributed by atoms with E-state index in [0.29, 0.717) is 35.1 Å². The monoisotopic (exact) mass is 411 g/mol. The smallest absolute Gasteiger partial charge is 0.344 e. The van der Waals surface area contributed by atoms with Crippen molar-refractivity contribution >= 4 is 26.7 Å². The molecule has 2 aromatic carbocycles. The fourth-order valence-corrected chi connectivity index (χ4v) is 5.18. The fourth-order valence-electron chi connectivity index (χ4n) is 3.72. The van der Waals surface area contributed by atoms with Gasteiger partial charge in [0.05, 0.1) is 17.1 Å². The molecule has 7 heteroatoms. The van der Waals surface area contributed by atoms with Crippen molar-refractivity contribution in [1.29, 1.82) is 0 Å². The molecule has 0 saturated carbocycles. The zero-order chi connectivity index (χ0) is 20.6. The average Bonchev–Trinajstić information content (AvgIpc) is 2.72. The summed E-state index contributed by atoms with van der Waals surface area (Å²) in [6, 6.07) is 15.8. The van der Waals surface area contributed by atoms with E-state index in [4.69, 9.17) is 4.42 Å². The molecule has 150 valence electrons. The molecule has 0 atom stereocenters. The number of fused-ring (bicyclic) bond motifs is 1. The summed E-state index contributed by atoms with van der Waals surface area (Å²) in [5, 5.41) is 0.805. The molecular weight excluding hydrogens is 390 g/mol. The van der Waals surface area contributed by atoms with Crippen LogP contribution in [0.2, 0.25) is 0 Å². The van der Waals surface area contributed by atoms with Gasteiger partial charge in [-0.05, 0) is 42.7 Å². The third-order valence-corrected chi connectivity index (χ3v) is 7.17. The number of benzene rings is 2. The van der Waals surface area contributed by atoms with Gasteiger partial charge in [0.1, 0.15) is 15.4 Å². The third kappa shape index (κ3) is 3.96. The second-order valence-electron chi connectivity index (χ2n) is 7.37. The molecular formula is C22H21NO5S. The molecule has 1 aliphatic heterocycles. The Kier molecular flexibility index (Phi) is 5.00. The SMILES string of the molecule is CN(C(=O)c1cccc(-c2cc3ccccc3oc2=O)c1)C1CCS(=O)(=O)CC1. The summed E-state index contributed by atoms with van der Waals surface area (Å²) in [6.07, 6.45) is 0.886. The quantitative estimate of drug-likeness (QED) is 0.618. The van der Waals surface area contributed by atoms with Crippen molar-refractivity contribution in [3.8, 4) is 11.1 Å². The summed E-state index contributed by atoms with van der Waals surface area (Å²) in [7, 11) is -1.29. The molecule has 4 rings (SSSR count). The van der Waals surface area contributed by atoms with Crippen LogP contribution < -0.4 is 5.63 Å². The molecule has 0 bridgehead atoms. The molecule has 1 fully saturated rings. The van der Waals surface area contributed by atoms with Crippen LogP contribution in [-0.2, 0) is 9.84 Å². The standard InChI is InChI=1S/C22H21NO5S/c1-23(18-9-11-29(26,27)12-10-18)21(24)17-7-4-6-15(13-17)19-14-16-5-2-3-8-20(16)28-22(19)25/h2-8,13-14,18H,9-12H2,1H3. The molecule has 3 aromatic rings. The molecule has 6 nitrogen and oxygen atoms in total. The summed E-state index contributed by atoms with van der Waals surface area (Å²) in [6.45, 7) is 0. The largest absolute Gasteiger partial charge is 0.422 e. The summed E-state index contributed by atoms with van der Waals surface area (Å²) in [5.41, 5.74) is 1.50. The number of hydrogen-bond donors (Lipinski definition) is 0. The first-order chi connectivity index (χ1) is 13.8. The van der Waals surface area contributed by atoms with E-state index >= 15 is 0 Å². The Balaban J connectivity index is 1.63. The molecule has 1 aromatic heterocycles. The van der Waals surface area contributed by atoms with Gasteiger partial charge in [-0.3, -0.25) is 4.79 Å². The van der Waals surface area contributed by atoms with Crippen LogP contribution in [0.1, 0.15) is 23.2 Å². The van der Waals surface area contributed by atoms with Gasteiger partial charge in [-0.1, -0.05) is 30.3 Å². The van der Waals surface area contributed by atoms with E-state index < -0.39 is 15.5 Å². The van der Waals surface area contributed by atoms with Gasteiger partial charge in [-0.15, -0.1) is 0 Å². The van der Waals surface area contributed by atoms with Crippen LogP contribution >= 0.6 is 0 Å². The highest BCUT2D eigenvalue weighted by Gasteiger charge is 2.29. The molecule has 1 amide bonds. The number of rotatable bonds is 3. The topological polar surface area (TPSA) is 84.7 Å². The first-order valence-electron chi connectivity index (χ1n) is 9.45. The van der Waals surface area contributed by atoms with Gasteiger partial charge in [-0.25, -0.2) is 13.2 Å². The number of carbonyl (C=O) groups is 1. The molecule has 0 aliphatic carbocycles. The van der Waals surface area contributed by atoms with Crippen LogP contribution in [0, 0.1) is 0 Å². The minimum Gasteiger partial charge on any atom is -0.422 e. The van der Waals surface area contributed by atoms with Crippen LogP contribution in [0.3, 0.4) is 0 Å². The zero-order valence-corrected chi connectivity index (χ0v) is 16.8. The number of carbonyl (C=O) groups excluding carboxylic acids is 1. The number of nitrogens with zero attached hydrogens (tertiary/aromatic N) is 1. The zero-order valence-electron chi connectivity index (χ0n) is 16.0. The van der Waals surface area contributed by atoms with Crippen LogP contribution in [0.25, 0.3) is 22.1 Å². The maximum atomic E-state index is 13.0. The van der Waals surface area contributed by atoms with Crippen LogP contribution in [0.5, 0.6) is 0 Å². The van der Waals surface area contributed by atoms with E-state index in [1.807, 2.05) is 12.1 Å². The summed E-state index contributed by atoms with van der Waals surface area (Å²) in [5.74, 6) is 0.0160. The van der Waals surface area contributed by atoms with Gasteiger partial charge in [-0.2, -0.15) is 0 Å². The first kappa shape index (κ1) is 19.4. The molecule has 29 heavy (non-hydrogen) atoms. The molecule has 0 spiro atoms. The lowest BCUT2D eigenvalue weighted by atomic mass is 10.0.